The first kappa shape index (κ1) is 65.8. The van der Waals surface area contributed by atoms with Gasteiger partial charge in [0.15, 0.2) is 12.2 Å². The van der Waals surface area contributed by atoms with Gasteiger partial charge in [-0.05, 0) is 139 Å². The van der Waals surface area contributed by atoms with Gasteiger partial charge in [0.25, 0.3) is 0 Å². The number of esters is 4. The Morgan fingerprint density at radius 2 is 0.892 bits per heavy atom. The molecule has 12 heteroatoms. The van der Waals surface area contributed by atoms with Crippen molar-refractivity contribution in [3.8, 4) is 0 Å². The van der Waals surface area contributed by atoms with E-state index in [0.717, 1.165) is 108 Å². The number of carbonyl (C=O) groups excluding carboxylic acids is 4. The molecule has 2 aromatic carbocycles. The van der Waals surface area contributed by atoms with Crippen LogP contribution in [0.3, 0.4) is 0 Å². The molecule has 3 aliphatic rings. The van der Waals surface area contributed by atoms with Gasteiger partial charge in [-0.25, -0.2) is 9.59 Å². The fraction of sp³-hybridized carbons (Fsp3) is 0.677. The van der Waals surface area contributed by atoms with Crippen molar-refractivity contribution in [2.24, 2.45) is 23.7 Å². The summed E-state index contributed by atoms with van der Waals surface area (Å²) >= 11 is 0. The highest BCUT2D eigenvalue weighted by molar-refractivity contribution is 5.87. The summed E-state index contributed by atoms with van der Waals surface area (Å²) in [5.74, 6) is 3.65. The number of methoxy groups -OCH3 is 1. The van der Waals surface area contributed by atoms with Crippen LogP contribution in [0.15, 0.2) is 85.0 Å². The quantitative estimate of drug-likeness (QED) is 0.0281. The predicted molar refractivity (Wildman–Crippen MR) is 294 cm³/mol. The van der Waals surface area contributed by atoms with Crippen molar-refractivity contribution in [1.29, 1.82) is 0 Å². The van der Waals surface area contributed by atoms with Crippen molar-refractivity contribution in [1.82, 2.24) is 0 Å². The van der Waals surface area contributed by atoms with Gasteiger partial charge in [-0.1, -0.05) is 126 Å². The van der Waals surface area contributed by atoms with Crippen LogP contribution in [0.5, 0.6) is 0 Å². The average Bonchev–Trinajstić information content (AvgIpc) is 4.17. The molecular formula is C62H98O12. The second-order valence-corrected chi connectivity index (χ2v) is 20.0. The molecule has 74 heavy (non-hydrogen) atoms. The number of carbonyl (C=O) groups is 4. The van der Waals surface area contributed by atoms with Gasteiger partial charge in [0, 0.05) is 64.1 Å². The first-order chi connectivity index (χ1) is 35.9. The molecule has 0 aliphatic heterocycles. The summed E-state index contributed by atoms with van der Waals surface area (Å²) in [4.78, 5) is 47.2. The standard InChI is InChI=1S/C25H38O6.C24H36O6.C10H16.C3H8/c1-4-28-17-12-13-18-29-20-23(22-14-8-7-9-15-22)31-24(26)16-10-5-6-11-19-30-25(27)21(2)3;1-20(2)24(26)29-18-10-5-4-9-15-23(25)30-22(21-13-7-6-8-14-21)19-28-17-12-11-16-27-3;1-2-9-7-4-5-8(6-7)10(9)3-1;1-3-2/h7-9,14-15,23H,2,4-6,10-13,16-20H2,1,3H3;6-8,13-14,22H,1,4-5,9-12,15-19H2,2-3H3;7-10H,1-6H2;3H2,1-2H3. The Hall–Kier alpha value is -4.36. The summed E-state index contributed by atoms with van der Waals surface area (Å²) in [6.07, 6.45) is 21.0. The maximum Gasteiger partial charge on any atom is 0.333 e. The molecule has 5 rings (SSSR count). The zero-order chi connectivity index (χ0) is 54.0. The molecule has 0 aromatic heterocycles. The SMILES string of the molecule is C1CC2C3CCC(C3)C2C1.C=C(C)C(=O)OCCCCCCC(=O)OC(COCCCCOC)c1ccccc1.C=C(C)C(=O)OCCCCCCC(=O)OC(COCCCCOCC)c1ccccc1.CCC. The molecule has 0 radical (unpaired) electrons. The highest BCUT2D eigenvalue weighted by Crippen LogP contribution is 2.58. The number of hydrogen-bond acceptors (Lipinski definition) is 12. The van der Waals surface area contributed by atoms with Crippen molar-refractivity contribution < 1.29 is 57.1 Å². The fourth-order valence-corrected chi connectivity index (χ4v) is 9.60. The molecule has 3 fully saturated rings. The molecule has 0 spiro atoms. The number of fused-ring (bicyclic) bond motifs is 5. The van der Waals surface area contributed by atoms with Gasteiger partial charge in [-0.2, -0.15) is 0 Å². The van der Waals surface area contributed by atoms with Gasteiger partial charge in [0.1, 0.15) is 0 Å². The Balaban J connectivity index is 0.000000405. The Labute approximate surface area is 447 Å². The van der Waals surface area contributed by atoms with E-state index in [4.69, 9.17) is 37.9 Å². The molecule has 0 heterocycles. The minimum atomic E-state index is -0.401. The van der Waals surface area contributed by atoms with Gasteiger partial charge in [0.05, 0.1) is 26.4 Å². The summed E-state index contributed by atoms with van der Waals surface area (Å²) in [6, 6.07) is 19.4. The Morgan fingerprint density at radius 3 is 1.28 bits per heavy atom. The van der Waals surface area contributed by atoms with Crippen molar-refractivity contribution in [3.63, 3.8) is 0 Å². The second-order valence-electron chi connectivity index (χ2n) is 20.0. The Morgan fingerprint density at radius 1 is 0.514 bits per heavy atom. The van der Waals surface area contributed by atoms with E-state index in [2.05, 4.69) is 27.0 Å². The molecule has 0 amide bonds. The first-order valence-corrected chi connectivity index (χ1v) is 28.3. The summed E-state index contributed by atoms with van der Waals surface area (Å²) < 4.78 is 43.3. The van der Waals surface area contributed by atoms with Crippen LogP contribution in [0, 0.1) is 23.7 Å². The third-order valence-corrected chi connectivity index (χ3v) is 13.4. The van der Waals surface area contributed by atoms with Crippen LogP contribution in [0.2, 0.25) is 0 Å². The van der Waals surface area contributed by atoms with E-state index < -0.39 is 12.2 Å². The van der Waals surface area contributed by atoms with E-state index in [1.165, 1.54) is 30.1 Å². The molecule has 0 saturated heterocycles. The summed E-state index contributed by atoms with van der Waals surface area (Å²) in [5.41, 5.74) is 2.68. The summed E-state index contributed by atoms with van der Waals surface area (Å²) in [5, 5.41) is 0. The van der Waals surface area contributed by atoms with E-state index >= 15 is 0 Å². The van der Waals surface area contributed by atoms with Crippen molar-refractivity contribution >= 4 is 23.9 Å². The average molecular weight is 1040 g/mol. The maximum atomic E-state index is 12.3. The van der Waals surface area contributed by atoms with Crippen LogP contribution in [0.25, 0.3) is 0 Å². The summed E-state index contributed by atoms with van der Waals surface area (Å²) in [7, 11) is 1.68. The maximum absolute atomic E-state index is 12.3. The van der Waals surface area contributed by atoms with Crippen molar-refractivity contribution in [3.05, 3.63) is 96.1 Å². The molecule has 3 saturated carbocycles. The topological polar surface area (TPSA) is 142 Å². The molecule has 6 atom stereocenters. The van der Waals surface area contributed by atoms with Crippen LogP contribution in [-0.2, 0) is 57.1 Å². The normalized spacial score (nSPS) is 17.6. The molecule has 2 bridgehead atoms. The number of benzene rings is 2. The third kappa shape index (κ3) is 30.3. The predicted octanol–water partition coefficient (Wildman–Crippen LogP) is 14.2. The van der Waals surface area contributed by atoms with Gasteiger partial charge >= 0.3 is 23.9 Å². The Kier molecular flexibility index (Phi) is 38.0. The highest BCUT2D eigenvalue weighted by Gasteiger charge is 2.48. The Bertz CT molecular complexity index is 1770. The lowest BCUT2D eigenvalue weighted by Gasteiger charge is -2.23. The van der Waals surface area contributed by atoms with Gasteiger partial charge < -0.3 is 37.9 Å². The number of ether oxygens (including phenoxy) is 8. The van der Waals surface area contributed by atoms with Gasteiger partial charge in [-0.15, -0.1) is 0 Å². The number of unbranched alkanes of at least 4 members (excludes halogenated alkanes) is 8. The number of rotatable bonds is 35. The number of hydrogen-bond donors (Lipinski definition) is 0. The molecule has 3 aliphatic carbocycles. The van der Waals surface area contributed by atoms with Gasteiger partial charge in [-0.3, -0.25) is 9.59 Å². The molecule has 0 N–H and O–H groups in total. The lowest BCUT2D eigenvalue weighted by molar-refractivity contribution is -0.153. The van der Waals surface area contributed by atoms with Crippen molar-refractivity contribution in [2.75, 3.05) is 66.6 Å². The van der Waals surface area contributed by atoms with E-state index in [1.54, 1.807) is 59.5 Å². The van der Waals surface area contributed by atoms with Gasteiger partial charge in [0.2, 0.25) is 0 Å². The minimum absolute atomic E-state index is 0.220. The van der Waals surface area contributed by atoms with Crippen LogP contribution < -0.4 is 0 Å². The lowest BCUT2D eigenvalue weighted by Crippen LogP contribution is -2.17. The van der Waals surface area contributed by atoms with Crippen LogP contribution >= 0.6 is 0 Å². The van der Waals surface area contributed by atoms with E-state index in [-0.39, 0.29) is 23.9 Å². The fourth-order valence-electron chi connectivity index (χ4n) is 9.60. The van der Waals surface area contributed by atoms with E-state index in [9.17, 15) is 19.2 Å². The second kappa shape index (κ2) is 42.8. The smallest absolute Gasteiger partial charge is 0.333 e. The van der Waals surface area contributed by atoms with Crippen LogP contribution in [0.1, 0.15) is 193 Å². The zero-order valence-electron chi connectivity index (χ0n) is 46.8. The third-order valence-electron chi connectivity index (χ3n) is 13.4. The van der Waals surface area contributed by atoms with Crippen molar-refractivity contribution in [2.45, 2.75) is 182 Å². The first-order valence-electron chi connectivity index (χ1n) is 28.3. The highest BCUT2D eigenvalue weighted by atomic mass is 16.6. The zero-order valence-corrected chi connectivity index (χ0v) is 46.8. The monoisotopic (exact) mass is 1030 g/mol. The van der Waals surface area contributed by atoms with E-state index in [1.807, 2.05) is 67.6 Å². The molecule has 418 valence electrons. The minimum Gasteiger partial charge on any atom is -0.462 e. The van der Waals surface area contributed by atoms with Crippen LogP contribution in [0.4, 0.5) is 0 Å². The molecular weight excluding hydrogens is 937 g/mol. The molecule has 2 aromatic rings. The molecule has 6 unspecified atom stereocenters. The largest absolute Gasteiger partial charge is 0.462 e. The summed E-state index contributed by atoms with van der Waals surface area (Å²) in [6.45, 7) is 21.5. The van der Waals surface area contributed by atoms with E-state index in [0.29, 0.717) is 63.6 Å². The van der Waals surface area contributed by atoms with Crippen LogP contribution in [-0.4, -0.2) is 90.4 Å². The molecule has 12 nitrogen and oxygen atoms in total. The lowest BCUT2D eigenvalue weighted by atomic mass is 9.82.